The van der Waals surface area contributed by atoms with Crippen LogP contribution in [-0.2, 0) is 11.3 Å². The molecule has 1 aromatic carbocycles. The van der Waals surface area contributed by atoms with Gasteiger partial charge in [0.25, 0.3) is 0 Å². The van der Waals surface area contributed by atoms with Crippen LogP contribution in [0.5, 0.6) is 5.75 Å². The Kier molecular flexibility index (Phi) is 3.25. The summed E-state index contributed by atoms with van der Waals surface area (Å²) in [5.41, 5.74) is 1.19. The number of carbonyl (C=O) groups is 1. The monoisotopic (exact) mass is 217 g/mol. The Balaban J connectivity index is 2.03. The van der Waals surface area contributed by atoms with E-state index in [0.29, 0.717) is 6.42 Å². The first-order chi connectivity index (χ1) is 7.78. The van der Waals surface area contributed by atoms with Gasteiger partial charge >= 0.3 is 0 Å². The van der Waals surface area contributed by atoms with Gasteiger partial charge in [-0.3, -0.25) is 4.79 Å². The molecule has 0 radical (unpaired) electrons. The number of ether oxygens (including phenoxy) is 1. The molecule has 0 atom stereocenters. The van der Waals surface area contributed by atoms with Gasteiger partial charge in [0, 0.05) is 25.7 Å². The number of carbonyl (C=O) groups excluding carboxylic acids is 1. The Hall–Kier alpha value is -1.77. The van der Waals surface area contributed by atoms with Crippen molar-refractivity contribution in [2.45, 2.75) is 13.0 Å². The lowest BCUT2D eigenvalue weighted by atomic mass is 10.1. The zero-order chi connectivity index (χ0) is 11.4. The van der Waals surface area contributed by atoms with Gasteiger partial charge in [-0.05, 0) is 23.8 Å². The lowest BCUT2D eigenvalue weighted by molar-refractivity contribution is -0.115. The van der Waals surface area contributed by atoms with Crippen LogP contribution < -0.4 is 4.74 Å². The number of nitrogens with zero attached hydrogens (tertiary/aromatic N) is 1. The van der Waals surface area contributed by atoms with E-state index in [9.17, 15) is 4.79 Å². The SMILES string of the molecule is COc1cccc(CN2C=CC(=O)CC2)c1. The second-order valence-electron chi connectivity index (χ2n) is 3.85. The molecule has 0 amide bonds. The molecule has 1 aromatic rings. The first-order valence-corrected chi connectivity index (χ1v) is 5.36. The minimum atomic E-state index is 0.210. The maximum atomic E-state index is 11.0. The van der Waals surface area contributed by atoms with Crippen molar-refractivity contribution < 1.29 is 9.53 Å². The van der Waals surface area contributed by atoms with Crippen LogP contribution >= 0.6 is 0 Å². The highest BCUT2D eigenvalue weighted by atomic mass is 16.5. The van der Waals surface area contributed by atoms with E-state index in [-0.39, 0.29) is 5.78 Å². The first-order valence-electron chi connectivity index (χ1n) is 5.36. The zero-order valence-electron chi connectivity index (χ0n) is 9.35. The number of benzene rings is 1. The van der Waals surface area contributed by atoms with Crippen molar-refractivity contribution in [2.24, 2.45) is 0 Å². The van der Waals surface area contributed by atoms with Crippen LogP contribution in [0.4, 0.5) is 0 Å². The molecule has 0 saturated heterocycles. The standard InChI is InChI=1S/C13H15NO2/c1-16-13-4-2-3-11(9-13)10-14-7-5-12(15)6-8-14/h2-5,7,9H,6,8,10H2,1H3. The van der Waals surface area contributed by atoms with Gasteiger partial charge in [-0.15, -0.1) is 0 Å². The molecule has 0 aliphatic carbocycles. The van der Waals surface area contributed by atoms with Crippen LogP contribution in [0.15, 0.2) is 36.5 Å². The Morgan fingerprint density at radius 2 is 2.31 bits per heavy atom. The highest BCUT2D eigenvalue weighted by Crippen LogP contribution is 2.15. The number of ketones is 1. The Morgan fingerprint density at radius 3 is 3.00 bits per heavy atom. The van der Waals surface area contributed by atoms with Crippen LogP contribution in [-0.4, -0.2) is 24.3 Å². The van der Waals surface area contributed by atoms with Crippen molar-refractivity contribution in [1.29, 1.82) is 0 Å². The molecule has 0 fully saturated rings. The van der Waals surface area contributed by atoms with Crippen molar-refractivity contribution in [3.05, 3.63) is 42.1 Å². The third-order valence-electron chi connectivity index (χ3n) is 2.64. The van der Waals surface area contributed by atoms with E-state index in [1.54, 1.807) is 13.2 Å². The van der Waals surface area contributed by atoms with E-state index in [1.807, 2.05) is 24.4 Å². The fourth-order valence-electron chi connectivity index (χ4n) is 1.74. The van der Waals surface area contributed by atoms with Crippen molar-refractivity contribution in [3.63, 3.8) is 0 Å². The average molecular weight is 217 g/mol. The molecule has 0 aromatic heterocycles. The lowest BCUT2D eigenvalue weighted by Crippen LogP contribution is -2.24. The number of methoxy groups -OCH3 is 1. The second kappa shape index (κ2) is 4.84. The topological polar surface area (TPSA) is 29.5 Å². The van der Waals surface area contributed by atoms with Gasteiger partial charge in [0.15, 0.2) is 5.78 Å². The molecule has 1 aliphatic heterocycles. The van der Waals surface area contributed by atoms with Gasteiger partial charge in [0.2, 0.25) is 0 Å². The van der Waals surface area contributed by atoms with Gasteiger partial charge in [0.1, 0.15) is 5.75 Å². The summed E-state index contributed by atoms with van der Waals surface area (Å²) in [6.45, 7) is 1.62. The predicted molar refractivity (Wildman–Crippen MR) is 62.2 cm³/mol. The summed E-state index contributed by atoms with van der Waals surface area (Å²) in [5, 5.41) is 0. The fraction of sp³-hybridized carbons (Fsp3) is 0.308. The Morgan fingerprint density at radius 1 is 1.44 bits per heavy atom. The first kappa shape index (κ1) is 10.7. The van der Waals surface area contributed by atoms with Crippen molar-refractivity contribution in [3.8, 4) is 5.75 Å². The van der Waals surface area contributed by atoms with E-state index in [0.717, 1.165) is 18.8 Å². The van der Waals surface area contributed by atoms with Crippen molar-refractivity contribution in [1.82, 2.24) is 4.90 Å². The zero-order valence-corrected chi connectivity index (χ0v) is 9.35. The van der Waals surface area contributed by atoms with Crippen LogP contribution in [0.25, 0.3) is 0 Å². The molecule has 2 rings (SSSR count). The van der Waals surface area contributed by atoms with Crippen LogP contribution in [0, 0.1) is 0 Å². The van der Waals surface area contributed by atoms with Gasteiger partial charge in [-0.1, -0.05) is 12.1 Å². The number of allylic oxidation sites excluding steroid dienone is 1. The summed E-state index contributed by atoms with van der Waals surface area (Å²) in [6.07, 6.45) is 4.12. The lowest BCUT2D eigenvalue weighted by Gasteiger charge is -2.22. The normalized spacial score (nSPS) is 15.3. The van der Waals surface area contributed by atoms with Crippen LogP contribution in [0.1, 0.15) is 12.0 Å². The van der Waals surface area contributed by atoms with E-state index < -0.39 is 0 Å². The van der Waals surface area contributed by atoms with Gasteiger partial charge in [-0.2, -0.15) is 0 Å². The predicted octanol–water partition coefficient (Wildman–Crippen LogP) is 1.98. The Labute approximate surface area is 95.3 Å². The van der Waals surface area contributed by atoms with Crippen LogP contribution in [0.2, 0.25) is 0 Å². The minimum Gasteiger partial charge on any atom is -0.497 e. The van der Waals surface area contributed by atoms with Crippen molar-refractivity contribution in [2.75, 3.05) is 13.7 Å². The maximum absolute atomic E-state index is 11.0. The molecule has 84 valence electrons. The quantitative estimate of drug-likeness (QED) is 0.775. The summed E-state index contributed by atoms with van der Waals surface area (Å²) in [7, 11) is 1.67. The molecule has 0 saturated carbocycles. The van der Waals surface area contributed by atoms with Crippen LogP contribution in [0.3, 0.4) is 0 Å². The van der Waals surface area contributed by atoms with Gasteiger partial charge < -0.3 is 9.64 Å². The highest BCUT2D eigenvalue weighted by molar-refractivity contribution is 5.90. The molecule has 1 heterocycles. The Bertz CT molecular complexity index is 412. The molecule has 16 heavy (non-hydrogen) atoms. The molecule has 0 bridgehead atoms. The summed E-state index contributed by atoms with van der Waals surface area (Å²) < 4.78 is 5.17. The van der Waals surface area contributed by atoms with Gasteiger partial charge in [0.05, 0.1) is 7.11 Å². The largest absolute Gasteiger partial charge is 0.497 e. The summed E-state index contributed by atoms with van der Waals surface area (Å²) in [6, 6.07) is 7.99. The fourth-order valence-corrected chi connectivity index (χ4v) is 1.74. The third kappa shape index (κ3) is 2.63. The number of hydrogen-bond acceptors (Lipinski definition) is 3. The van der Waals surface area contributed by atoms with E-state index >= 15 is 0 Å². The molecule has 3 nitrogen and oxygen atoms in total. The number of hydrogen-bond donors (Lipinski definition) is 0. The molecule has 0 N–H and O–H groups in total. The minimum absolute atomic E-state index is 0.210. The summed E-state index contributed by atoms with van der Waals surface area (Å²) >= 11 is 0. The summed E-state index contributed by atoms with van der Waals surface area (Å²) in [5.74, 6) is 1.08. The smallest absolute Gasteiger partial charge is 0.158 e. The van der Waals surface area contributed by atoms with Crippen molar-refractivity contribution >= 4 is 5.78 Å². The molecule has 1 aliphatic rings. The molecule has 3 heteroatoms. The molecular formula is C13H15NO2. The summed E-state index contributed by atoms with van der Waals surface area (Å²) in [4.78, 5) is 13.2. The number of rotatable bonds is 3. The highest BCUT2D eigenvalue weighted by Gasteiger charge is 2.09. The second-order valence-corrected chi connectivity index (χ2v) is 3.85. The van der Waals surface area contributed by atoms with E-state index in [2.05, 4.69) is 11.0 Å². The maximum Gasteiger partial charge on any atom is 0.158 e. The molecular weight excluding hydrogens is 202 g/mol. The average Bonchev–Trinajstić information content (AvgIpc) is 2.32. The van der Waals surface area contributed by atoms with Gasteiger partial charge in [-0.25, -0.2) is 0 Å². The third-order valence-corrected chi connectivity index (χ3v) is 2.64. The van der Waals surface area contributed by atoms with E-state index in [4.69, 9.17) is 4.74 Å². The van der Waals surface area contributed by atoms with E-state index in [1.165, 1.54) is 5.56 Å². The molecule has 0 unspecified atom stereocenters. The molecule has 0 spiro atoms.